The van der Waals surface area contributed by atoms with Gasteiger partial charge in [0.25, 0.3) is 0 Å². The Hall–Kier alpha value is -1.10. The summed E-state index contributed by atoms with van der Waals surface area (Å²) in [4.78, 5) is 20.8. The summed E-state index contributed by atoms with van der Waals surface area (Å²) < 4.78 is 8.60. The maximum absolute atomic E-state index is 10.4. The van der Waals surface area contributed by atoms with E-state index in [2.05, 4.69) is 14.8 Å². The Bertz CT molecular complexity index is 149. The number of methoxy groups -OCH3 is 2. The molecule has 76 valence electrons. The smallest absolute Gasteiger partial charge is 0.306 e. The third kappa shape index (κ3) is 10.9. The second-order valence-corrected chi connectivity index (χ2v) is 2.40. The lowest BCUT2D eigenvalue weighted by Gasteiger charge is -1.96. The standard InChI is InChI=1S/C6H10O4.C2H5N/c1-9-5(7)3-4-6(8)10-2;1-2-3-1/h3-4H2,1-2H3;3H,1-2H2. The van der Waals surface area contributed by atoms with Crippen molar-refractivity contribution >= 4 is 11.9 Å². The van der Waals surface area contributed by atoms with Gasteiger partial charge < -0.3 is 14.8 Å². The van der Waals surface area contributed by atoms with Crippen LogP contribution < -0.4 is 5.32 Å². The summed E-state index contributed by atoms with van der Waals surface area (Å²) in [6.07, 6.45) is 0.173. The Morgan fingerprint density at radius 2 is 1.38 bits per heavy atom. The van der Waals surface area contributed by atoms with E-state index >= 15 is 0 Å². The van der Waals surface area contributed by atoms with Gasteiger partial charge in [0.05, 0.1) is 27.1 Å². The van der Waals surface area contributed by atoms with Crippen LogP contribution in [0, 0.1) is 0 Å². The zero-order valence-electron chi connectivity index (χ0n) is 7.96. The first-order valence-corrected chi connectivity index (χ1v) is 4.05. The summed E-state index contributed by atoms with van der Waals surface area (Å²) in [6, 6.07) is 0. The second kappa shape index (κ2) is 7.54. The zero-order valence-corrected chi connectivity index (χ0v) is 7.96. The van der Waals surface area contributed by atoms with Crippen molar-refractivity contribution in [3.63, 3.8) is 0 Å². The highest BCUT2D eigenvalue weighted by Gasteiger charge is 2.05. The largest absolute Gasteiger partial charge is 0.469 e. The second-order valence-electron chi connectivity index (χ2n) is 2.40. The van der Waals surface area contributed by atoms with Crippen molar-refractivity contribution in [3.8, 4) is 0 Å². The lowest BCUT2D eigenvalue weighted by atomic mass is 10.3. The fourth-order valence-corrected chi connectivity index (χ4v) is 0.408. The Balaban J connectivity index is 0.000000396. The molecule has 0 atom stereocenters. The van der Waals surface area contributed by atoms with E-state index in [4.69, 9.17) is 0 Å². The van der Waals surface area contributed by atoms with Crippen LogP contribution in [0.4, 0.5) is 0 Å². The molecule has 0 aliphatic carbocycles. The molecule has 0 radical (unpaired) electrons. The van der Waals surface area contributed by atoms with Gasteiger partial charge in [0.2, 0.25) is 0 Å². The molecule has 0 aromatic carbocycles. The minimum atomic E-state index is -0.398. The van der Waals surface area contributed by atoms with Gasteiger partial charge in [-0.1, -0.05) is 0 Å². The van der Waals surface area contributed by atoms with Gasteiger partial charge in [0.1, 0.15) is 0 Å². The lowest BCUT2D eigenvalue weighted by Crippen LogP contribution is -2.06. The van der Waals surface area contributed by atoms with E-state index < -0.39 is 11.9 Å². The van der Waals surface area contributed by atoms with Crippen LogP contribution in [0.5, 0.6) is 0 Å². The van der Waals surface area contributed by atoms with E-state index in [1.54, 1.807) is 0 Å². The number of ether oxygens (including phenoxy) is 2. The van der Waals surface area contributed by atoms with Crippen LogP contribution in [0.25, 0.3) is 0 Å². The van der Waals surface area contributed by atoms with Gasteiger partial charge in [-0.3, -0.25) is 9.59 Å². The summed E-state index contributed by atoms with van der Waals surface area (Å²) in [5, 5.41) is 3.00. The van der Waals surface area contributed by atoms with Gasteiger partial charge in [0, 0.05) is 13.1 Å². The molecule has 1 heterocycles. The normalized spacial score (nSPS) is 12.2. The highest BCUT2D eigenvalue weighted by Crippen LogP contribution is 1.92. The van der Waals surface area contributed by atoms with Crippen LogP contribution >= 0.6 is 0 Å². The number of esters is 2. The molecule has 1 aliphatic heterocycles. The molecule has 5 nitrogen and oxygen atoms in total. The maximum atomic E-state index is 10.4. The van der Waals surface area contributed by atoms with Crippen LogP contribution in [0.15, 0.2) is 0 Å². The molecule has 1 rings (SSSR count). The molecule has 13 heavy (non-hydrogen) atoms. The van der Waals surface area contributed by atoms with E-state index in [0.29, 0.717) is 0 Å². The van der Waals surface area contributed by atoms with Gasteiger partial charge in [-0.15, -0.1) is 0 Å². The van der Waals surface area contributed by atoms with Crippen LogP contribution in [0.1, 0.15) is 12.8 Å². The van der Waals surface area contributed by atoms with Crippen LogP contribution in [-0.2, 0) is 19.1 Å². The molecule has 0 aromatic heterocycles. The molecule has 0 saturated carbocycles. The van der Waals surface area contributed by atoms with Crippen molar-refractivity contribution < 1.29 is 19.1 Å². The first-order valence-electron chi connectivity index (χ1n) is 4.05. The number of hydrogen-bond donors (Lipinski definition) is 1. The summed E-state index contributed by atoms with van der Waals surface area (Å²) >= 11 is 0. The van der Waals surface area contributed by atoms with Crippen LogP contribution in [-0.4, -0.2) is 39.2 Å². The van der Waals surface area contributed by atoms with E-state index in [1.807, 2.05) is 0 Å². The van der Waals surface area contributed by atoms with E-state index in [0.717, 1.165) is 0 Å². The minimum Gasteiger partial charge on any atom is -0.469 e. The third-order valence-corrected chi connectivity index (χ3v) is 1.24. The monoisotopic (exact) mass is 189 g/mol. The molecule has 0 bridgehead atoms. The van der Waals surface area contributed by atoms with Gasteiger partial charge in [-0.25, -0.2) is 0 Å². The quantitative estimate of drug-likeness (QED) is 0.487. The molecular formula is C8H15NO4. The van der Waals surface area contributed by atoms with Crippen molar-refractivity contribution in [1.29, 1.82) is 0 Å². The van der Waals surface area contributed by atoms with Crippen molar-refractivity contribution in [2.45, 2.75) is 12.8 Å². The van der Waals surface area contributed by atoms with Gasteiger partial charge in [0.15, 0.2) is 0 Å². The predicted octanol–water partition coefficient (Wildman–Crippen LogP) is -0.298. The molecule has 1 aliphatic rings. The highest BCUT2D eigenvalue weighted by molar-refractivity contribution is 5.77. The first kappa shape index (κ1) is 11.9. The average Bonchev–Trinajstić information content (AvgIpc) is 3.00. The molecule has 0 aromatic rings. The molecule has 5 heteroatoms. The lowest BCUT2D eigenvalue weighted by molar-refractivity contribution is -0.147. The van der Waals surface area contributed by atoms with Gasteiger partial charge in [-0.05, 0) is 0 Å². The van der Waals surface area contributed by atoms with Crippen LogP contribution in [0.3, 0.4) is 0 Å². The molecule has 0 spiro atoms. The zero-order chi connectivity index (χ0) is 10.1. The molecular weight excluding hydrogens is 174 g/mol. The minimum absolute atomic E-state index is 0.0865. The molecule has 0 unspecified atom stereocenters. The van der Waals surface area contributed by atoms with E-state index in [1.165, 1.54) is 27.3 Å². The van der Waals surface area contributed by atoms with E-state index in [-0.39, 0.29) is 12.8 Å². The Morgan fingerprint density at radius 3 is 1.54 bits per heavy atom. The average molecular weight is 189 g/mol. The summed E-state index contributed by atoms with van der Waals surface area (Å²) in [5.74, 6) is -0.796. The first-order chi connectivity index (χ1) is 6.20. The van der Waals surface area contributed by atoms with Gasteiger partial charge >= 0.3 is 11.9 Å². The number of rotatable bonds is 3. The molecule has 1 N–H and O–H groups in total. The summed E-state index contributed by atoms with van der Waals surface area (Å²) in [6.45, 7) is 2.50. The Labute approximate surface area is 77.4 Å². The van der Waals surface area contributed by atoms with Crippen molar-refractivity contribution in [2.24, 2.45) is 0 Å². The molecule has 0 amide bonds. The Kier molecular flexibility index (Phi) is 6.91. The maximum Gasteiger partial charge on any atom is 0.306 e. The van der Waals surface area contributed by atoms with Crippen molar-refractivity contribution in [3.05, 3.63) is 0 Å². The van der Waals surface area contributed by atoms with Crippen LogP contribution in [0.2, 0.25) is 0 Å². The fraction of sp³-hybridized carbons (Fsp3) is 0.750. The summed E-state index contributed by atoms with van der Waals surface area (Å²) in [5.41, 5.74) is 0. The SMILES string of the molecule is C1CN1.COC(=O)CCC(=O)OC. The summed E-state index contributed by atoms with van der Waals surface area (Å²) in [7, 11) is 2.55. The molecule has 1 saturated heterocycles. The number of hydrogen-bond acceptors (Lipinski definition) is 5. The third-order valence-electron chi connectivity index (χ3n) is 1.24. The molecule has 1 fully saturated rings. The van der Waals surface area contributed by atoms with Gasteiger partial charge in [-0.2, -0.15) is 0 Å². The number of nitrogens with one attached hydrogen (secondary N) is 1. The highest BCUT2D eigenvalue weighted by atomic mass is 16.5. The Morgan fingerprint density at radius 1 is 1.08 bits per heavy atom. The fourth-order valence-electron chi connectivity index (χ4n) is 0.408. The number of carbonyl (C=O) groups is 2. The predicted molar refractivity (Wildman–Crippen MR) is 46.1 cm³/mol. The number of carbonyl (C=O) groups excluding carboxylic acids is 2. The van der Waals surface area contributed by atoms with E-state index in [9.17, 15) is 9.59 Å². The van der Waals surface area contributed by atoms with Crippen molar-refractivity contribution in [1.82, 2.24) is 5.32 Å². The topological polar surface area (TPSA) is 74.5 Å². The van der Waals surface area contributed by atoms with Crippen molar-refractivity contribution in [2.75, 3.05) is 27.3 Å².